The molecule has 2 saturated heterocycles. The van der Waals surface area contributed by atoms with E-state index in [1.807, 2.05) is 11.8 Å². The number of rotatable bonds is 4. The number of nitrogens with zero attached hydrogens (tertiary/aromatic N) is 3. The van der Waals surface area contributed by atoms with Crippen molar-refractivity contribution in [3.8, 4) is 0 Å². The van der Waals surface area contributed by atoms with Crippen LogP contribution in [0, 0.1) is 11.3 Å². The molecule has 2 amide bonds. The van der Waals surface area contributed by atoms with Crippen molar-refractivity contribution in [2.24, 2.45) is 11.3 Å². The molecule has 26 heavy (non-hydrogen) atoms. The Balaban J connectivity index is 1.48. The topological polar surface area (TPSA) is 62.6 Å². The average Bonchev–Trinajstić information content (AvgIpc) is 3.36. The quantitative estimate of drug-likeness (QED) is 0.824. The van der Waals surface area contributed by atoms with E-state index < -0.39 is 5.41 Å². The number of hydrogen-bond donors (Lipinski definition) is 0. The summed E-state index contributed by atoms with van der Waals surface area (Å²) in [4.78, 5) is 41.8. The van der Waals surface area contributed by atoms with E-state index in [0.29, 0.717) is 31.1 Å². The van der Waals surface area contributed by atoms with Crippen LogP contribution in [0.4, 0.5) is 0 Å². The molecule has 1 atom stereocenters. The number of amides is 2. The van der Waals surface area contributed by atoms with Crippen LogP contribution in [0.25, 0.3) is 0 Å². The van der Waals surface area contributed by atoms with Crippen molar-refractivity contribution >= 4 is 11.8 Å². The summed E-state index contributed by atoms with van der Waals surface area (Å²) in [5.41, 5.74) is -0.132. The normalized spacial score (nSPS) is 26.0. The lowest BCUT2D eigenvalue weighted by atomic mass is 9.78. The highest BCUT2D eigenvalue weighted by molar-refractivity contribution is 5.95. The first-order valence-corrected chi connectivity index (χ1v) is 9.81. The molecule has 1 saturated carbocycles. The second-order valence-electron chi connectivity index (χ2n) is 8.09. The number of aromatic nitrogens is 1. The molecule has 1 aromatic heterocycles. The molecule has 3 aliphatic rings. The maximum atomic E-state index is 13.1. The van der Waals surface area contributed by atoms with Gasteiger partial charge in [-0.25, -0.2) is 0 Å². The van der Waals surface area contributed by atoms with Crippen LogP contribution in [0.15, 0.2) is 23.1 Å². The summed E-state index contributed by atoms with van der Waals surface area (Å²) < 4.78 is 1.57. The first-order chi connectivity index (χ1) is 12.5. The van der Waals surface area contributed by atoms with Crippen LogP contribution >= 0.6 is 0 Å². The molecule has 6 heteroatoms. The van der Waals surface area contributed by atoms with E-state index in [-0.39, 0.29) is 17.4 Å². The van der Waals surface area contributed by atoms with Crippen molar-refractivity contribution < 1.29 is 9.59 Å². The fourth-order valence-corrected chi connectivity index (χ4v) is 4.45. The van der Waals surface area contributed by atoms with Crippen LogP contribution in [0.3, 0.4) is 0 Å². The Morgan fingerprint density at radius 1 is 1.23 bits per heavy atom. The molecule has 6 nitrogen and oxygen atoms in total. The van der Waals surface area contributed by atoms with Gasteiger partial charge in [-0.3, -0.25) is 14.4 Å². The van der Waals surface area contributed by atoms with E-state index in [2.05, 4.69) is 0 Å². The van der Waals surface area contributed by atoms with Crippen molar-refractivity contribution in [2.75, 3.05) is 26.2 Å². The number of piperidine rings is 1. The Morgan fingerprint density at radius 3 is 2.73 bits per heavy atom. The van der Waals surface area contributed by atoms with Crippen molar-refractivity contribution in [2.45, 2.75) is 45.6 Å². The van der Waals surface area contributed by atoms with Gasteiger partial charge >= 0.3 is 0 Å². The summed E-state index contributed by atoms with van der Waals surface area (Å²) in [5, 5.41) is 0. The first-order valence-electron chi connectivity index (χ1n) is 9.81. The number of carbonyl (C=O) groups excluding carboxylic acids is 2. The molecule has 140 valence electrons. The molecule has 2 aliphatic heterocycles. The molecular weight excluding hydrogens is 330 g/mol. The van der Waals surface area contributed by atoms with Gasteiger partial charge in [-0.1, -0.05) is 0 Å². The largest absolute Gasteiger partial charge is 0.342 e. The monoisotopic (exact) mass is 357 g/mol. The predicted molar refractivity (Wildman–Crippen MR) is 97.9 cm³/mol. The number of pyridine rings is 1. The Labute approximate surface area is 153 Å². The minimum Gasteiger partial charge on any atom is -0.342 e. The van der Waals surface area contributed by atoms with Crippen LogP contribution in [-0.4, -0.2) is 52.4 Å². The second kappa shape index (κ2) is 6.56. The molecule has 1 aliphatic carbocycles. The lowest BCUT2D eigenvalue weighted by Crippen LogP contribution is -2.51. The Kier molecular flexibility index (Phi) is 4.37. The van der Waals surface area contributed by atoms with E-state index in [1.165, 1.54) is 18.9 Å². The highest BCUT2D eigenvalue weighted by Crippen LogP contribution is 2.42. The number of aryl methyl sites for hydroxylation is 1. The van der Waals surface area contributed by atoms with Crippen molar-refractivity contribution in [1.82, 2.24) is 14.4 Å². The predicted octanol–water partition coefficient (Wildman–Crippen LogP) is 1.73. The average molecular weight is 357 g/mol. The molecule has 0 N–H and O–H groups in total. The summed E-state index contributed by atoms with van der Waals surface area (Å²) in [6.45, 7) is 5.33. The zero-order valence-electron chi connectivity index (χ0n) is 15.4. The van der Waals surface area contributed by atoms with Crippen LogP contribution in [0.2, 0.25) is 0 Å². The van der Waals surface area contributed by atoms with Gasteiger partial charge in [-0.15, -0.1) is 0 Å². The maximum Gasteiger partial charge on any atom is 0.254 e. The van der Waals surface area contributed by atoms with Crippen molar-refractivity contribution in [3.05, 3.63) is 34.2 Å². The van der Waals surface area contributed by atoms with E-state index in [4.69, 9.17) is 0 Å². The minimum atomic E-state index is -0.402. The third-order valence-electron chi connectivity index (χ3n) is 6.22. The Hall–Kier alpha value is -2.11. The van der Waals surface area contributed by atoms with Gasteiger partial charge in [0.15, 0.2) is 0 Å². The van der Waals surface area contributed by atoms with Gasteiger partial charge in [0, 0.05) is 50.6 Å². The number of carbonyl (C=O) groups is 2. The standard InChI is InChI=1S/C20H27N3O3/c1-2-21-10-6-16(12-17(21)24)18(25)23-11-8-20(14-23)7-3-9-22(19(20)26)13-15-4-5-15/h6,10,12,15H,2-5,7-9,11,13-14H2,1H3/t20-/m1/s1. The summed E-state index contributed by atoms with van der Waals surface area (Å²) in [5.74, 6) is 0.806. The van der Waals surface area contributed by atoms with Crippen molar-refractivity contribution in [3.63, 3.8) is 0 Å². The fourth-order valence-electron chi connectivity index (χ4n) is 4.45. The highest BCUT2D eigenvalue weighted by atomic mass is 16.2. The third-order valence-corrected chi connectivity index (χ3v) is 6.22. The second-order valence-corrected chi connectivity index (χ2v) is 8.09. The molecule has 1 spiro atoms. The van der Waals surface area contributed by atoms with E-state index in [1.54, 1.807) is 21.7 Å². The summed E-state index contributed by atoms with van der Waals surface area (Å²) in [6.07, 6.45) is 6.78. The van der Waals surface area contributed by atoms with E-state index in [0.717, 1.165) is 32.4 Å². The summed E-state index contributed by atoms with van der Waals surface area (Å²) in [7, 11) is 0. The van der Waals surface area contributed by atoms with Gasteiger partial charge < -0.3 is 14.4 Å². The van der Waals surface area contributed by atoms with E-state index >= 15 is 0 Å². The van der Waals surface area contributed by atoms with Crippen LogP contribution in [-0.2, 0) is 11.3 Å². The number of hydrogen-bond acceptors (Lipinski definition) is 3. The first kappa shape index (κ1) is 17.3. The smallest absolute Gasteiger partial charge is 0.254 e. The van der Waals surface area contributed by atoms with Crippen LogP contribution in [0.1, 0.15) is 49.4 Å². The summed E-state index contributed by atoms with van der Waals surface area (Å²) in [6, 6.07) is 3.12. The van der Waals surface area contributed by atoms with Gasteiger partial charge in [0.2, 0.25) is 5.91 Å². The van der Waals surface area contributed by atoms with Gasteiger partial charge in [-0.2, -0.15) is 0 Å². The lowest BCUT2D eigenvalue weighted by Gasteiger charge is -2.39. The molecule has 0 aromatic carbocycles. The zero-order valence-corrected chi connectivity index (χ0v) is 15.4. The van der Waals surface area contributed by atoms with Gasteiger partial charge in [0.05, 0.1) is 5.41 Å². The maximum absolute atomic E-state index is 13.1. The molecule has 0 radical (unpaired) electrons. The molecular formula is C20H27N3O3. The highest BCUT2D eigenvalue weighted by Gasteiger charge is 2.50. The number of likely N-dealkylation sites (tertiary alicyclic amines) is 2. The fraction of sp³-hybridized carbons (Fsp3) is 0.650. The molecule has 0 bridgehead atoms. The molecule has 3 fully saturated rings. The van der Waals surface area contributed by atoms with Crippen LogP contribution in [0.5, 0.6) is 0 Å². The lowest BCUT2D eigenvalue weighted by molar-refractivity contribution is -0.145. The zero-order chi connectivity index (χ0) is 18.3. The molecule has 0 unspecified atom stereocenters. The van der Waals surface area contributed by atoms with Crippen LogP contribution < -0.4 is 5.56 Å². The Morgan fingerprint density at radius 2 is 2.04 bits per heavy atom. The third kappa shape index (κ3) is 3.06. The van der Waals surface area contributed by atoms with Crippen molar-refractivity contribution in [1.29, 1.82) is 0 Å². The van der Waals surface area contributed by atoms with Gasteiger partial charge in [0.1, 0.15) is 0 Å². The van der Waals surface area contributed by atoms with E-state index in [9.17, 15) is 14.4 Å². The SMILES string of the molecule is CCn1ccc(C(=O)N2CC[C@]3(CCCN(CC4CC4)C3=O)C2)cc1=O. The summed E-state index contributed by atoms with van der Waals surface area (Å²) >= 11 is 0. The molecule has 4 rings (SSSR count). The molecule has 1 aromatic rings. The van der Waals surface area contributed by atoms with Gasteiger partial charge in [-0.05, 0) is 51.0 Å². The Bertz CT molecular complexity index is 783. The minimum absolute atomic E-state index is 0.130. The molecule has 3 heterocycles. The van der Waals surface area contributed by atoms with Gasteiger partial charge in [0.25, 0.3) is 11.5 Å².